The molecule has 130 valence electrons. The molecule has 0 unspecified atom stereocenters. The highest BCUT2D eigenvalue weighted by atomic mass is 16.5. The van der Waals surface area contributed by atoms with Gasteiger partial charge in [0.2, 0.25) is 5.60 Å². The Labute approximate surface area is 142 Å². The minimum absolute atomic E-state index is 0.0297. The second-order valence-corrected chi connectivity index (χ2v) is 6.68. The highest BCUT2D eigenvalue weighted by Crippen LogP contribution is 2.30. The van der Waals surface area contributed by atoms with Crippen LogP contribution in [0.25, 0.3) is 0 Å². The number of carboxylic acid groups (broad SMARTS) is 1. The van der Waals surface area contributed by atoms with Crippen LogP contribution in [0.15, 0.2) is 24.3 Å². The number of hydrogen-bond donors (Lipinski definition) is 1. The molecule has 2 heterocycles. The fourth-order valence-electron chi connectivity index (χ4n) is 3.43. The number of hydrogen-bond acceptors (Lipinski definition) is 3. The van der Waals surface area contributed by atoms with Gasteiger partial charge in [-0.25, -0.2) is 9.59 Å². The lowest BCUT2D eigenvalue weighted by Crippen LogP contribution is -2.56. The number of amides is 2. The smallest absolute Gasteiger partial charge is 0.348 e. The zero-order valence-corrected chi connectivity index (χ0v) is 14.0. The molecule has 2 saturated heterocycles. The summed E-state index contributed by atoms with van der Waals surface area (Å²) in [5, 5.41) is 9.72. The van der Waals surface area contributed by atoms with E-state index in [1.807, 2.05) is 30.0 Å². The third-order valence-electron chi connectivity index (χ3n) is 4.91. The van der Waals surface area contributed by atoms with Crippen LogP contribution in [0.3, 0.4) is 0 Å². The Morgan fingerprint density at radius 2 is 1.71 bits per heavy atom. The molecule has 6 heteroatoms. The molecule has 0 atom stereocenters. The zero-order valence-electron chi connectivity index (χ0n) is 14.0. The van der Waals surface area contributed by atoms with Gasteiger partial charge in [-0.05, 0) is 37.5 Å². The van der Waals surface area contributed by atoms with E-state index in [2.05, 4.69) is 0 Å². The summed E-state index contributed by atoms with van der Waals surface area (Å²) in [6.45, 7) is 4.37. The van der Waals surface area contributed by atoms with Gasteiger partial charge in [0.15, 0.2) is 0 Å². The van der Waals surface area contributed by atoms with E-state index in [9.17, 15) is 14.7 Å². The molecule has 1 N–H and O–H groups in total. The van der Waals surface area contributed by atoms with Crippen molar-refractivity contribution in [1.29, 1.82) is 0 Å². The van der Waals surface area contributed by atoms with Crippen LogP contribution >= 0.6 is 0 Å². The Morgan fingerprint density at radius 3 is 2.29 bits per heavy atom. The molecule has 0 saturated carbocycles. The van der Waals surface area contributed by atoms with E-state index in [1.165, 1.54) is 0 Å². The van der Waals surface area contributed by atoms with Crippen molar-refractivity contribution < 1.29 is 19.4 Å². The first kappa shape index (κ1) is 16.6. The van der Waals surface area contributed by atoms with Gasteiger partial charge in [0.05, 0.1) is 0 Å². The number of nitrogens with zero attached hydrogens (tertiary/aromatic N) is 2. The second-order valence-electron chi connectivity index (χ2n) is 6.68. The summed E-state index contributed by atoms with van der Waals surface area (Å²) in [6, 6.07) is 7.44. The number of benzene rings is 1. The Balaban J connectivity index is 1.68. The number of aliphatic carboxylic acids is 1. The lowest BCUT2D eigenvalue weighted by atomic mass is 9.91. The fraction of sp³-hybridized carbons (Fsp3) is 0.556. The number of ether oxygens (including phenoxy) is 1. The average molecular weight is 332 g/mol. The van der Waals surface area contributed by atoms with Gasteiger partial charge in [0, 0.05) is 39.0 Å². The number of aryl methyl sites for hydroxylation is 1. The predicted octanol–water partition coefficient (Wildman–Crippen LogP) is 2.51. The summed E-state index contributed by atoms with van der Waals surface area (Å²) in [4.78, 5) is 27.9. The number of carbonyl (C=O) groups is 2. The van der Waals surface area contributed by atoms with Crippen LogP contribution in [0.5, 0.6) is 5.75 Å². The van der Waals surface area contributed by atoms with E-state index in [4.69, 9.17) is 4.74 Å². The van der Waals surface area contributed by atoms with Crippen LogP contribution in [-0.4, -0.2) is 58.7 Å². The lowest BCUT2D eigenvalue weighted by Gasteiger charge is -2.40. The van der Waals surface area contributed by atoms with Crippen LogP contribution in [0.4, 0.5) is 4.79 Å². The standard InChI is InChI=1S/C18H24N2O4/c1-14-5-4-6-15(13-14)24-18(16(21)22)7-11-20(12-8-18)17(23)19-9-2-3-10-19/h4-6,13H,2-3,7-12H2,1H3,(H,21,22). The minimum Gasteiger partial charge on any atom is -0.478 e. The quantitative estimate of drug-likeness (QED) is 0.923. The van der Waals surface area contributed by atoms with Crippen LogP contribution < -0.4 is 4.74 Å². The summed E-state index contributed by atoms with van der Waals surface area (Å²) in [7, 11) is 0. The Hall–Kier alpha value is -2.24. The van der Waals surface area contributed by atoms with Gasteiger partial charge in [-0.3, -0.25) is 0 Å². The van der Waals surface area contributed by atoms with Crippen molar-refractivity contribution in [2.45, 2.75) is 38.2 Å². The summed E-state index contributed by atoms with van der Waals surface area (Å²) < 4.78 is 5.89. The highest BCUT2D eigenvalue weighted by molar-refractivity contribution is 5.79. The van der Waals surface area contributed by atoms with Gasteiger partial charge in [0.1, 0.15) is 5.75 Å². The number of carbonyl (C=O) groups excluding carboxylic acids is 1. The van der Waals surface area contributed by atoms with Crippen LogP contribution in [0.1, 0.15) is 31.2 Å². The Kier molecular flexibility index (Phi) is 4.64. The van der Waals surface area contributed by atoms with E-state index in [0.29, 0.717) is 31.7 Å². The van der Waals surface area contributed by atoms with Crippen molar-refractivity contribution in [3.8, 4) is 5.75 Å². The van der Waals surface area contributed by atoms with Crippen molar-refractivity contribution in [2.24, 2.45) is 0 Å². The molecule has 24 heavy (non-hydrogen) atoms. The molecule has 0 aliphatic carbocycles. The first-order chi connectivity index (χ1) is 11.5. The number of rotatable bonds is 3. The van der Waals surface area contributed by atoms with E-state index < -0.39 is 11.6 Å². The third-order valence-corrected chi connectivity index (χ3v) is 4.91. The van der Waals surface area contributed by atoms with E-state index in [0.717, 1.165) is 31.5 Å². The van der Waals surface area contributed by atoms with Gasteiger partial charge in [-0.15, -0.1) is 0 Å². The number of urea groups is 1. The average Bonchev–Trinajstić information content (AvgIpc) is 3.09. The van der Waals surface area contributed by atoms with Crippen LogP contribution in [0, 0.1) is 6.92 Å². The van der Waals surface area contributed by atoms with Gasteiger partial charge in [-0.2, -0.15) is 0 Å². The van der Waals surface area contributed by atoms with Crippen molar-refractivity contribution in [3.05, 3.63) is 29.8 Å². The zero-order chi connectivity index (χ0) is 17.2. The van der Waals surface area contributed by atoms with E-state index >= 15 is 0 Å². The predicted molar refractivity (Wildman–Crippen MR) is 89.2 cm³/mol. The van der Waals surface area contributed by atoms with Crippen LogP contribution in [-0.2, 0) is 4.79 Å². The van der Waals surface area contributed by atoms with Crippen molar-refractivity contribution in [2.75, 3.05) is 26.2 Å². The molecule has 2 amide bonds. The maximum Gasteiger partial charge on any atom is 0.348 e. The fourth-order valence-corrected chi connectivity index (χ4v) is 3.43. The summed E-state index contributed by atoms with van der Waals surface area (Å²) in [5.74, 6) is -0.394. The molecule has 2 fully saturated rings. The number of piperidine rings is 1. The topological polar surface area (TPSA) is 70.1 Å². The molecule has 2 aliphatic heterocycles. The molecule has 1 aromatic rings. The Bertz CT molecular complexity index is 617. The van der Waals surface area contributed by atoms with Gasteiger partial charge >= 0.3 is 12.0 Å². The first-order valence-electron chi connectivity index (χ1n) is 8.53. The Morgan fingerprint density at radius 1 is 1.08 bits per heavy atom. The van der Waals surface area contributed by atoms with Gasteiger partial charge < -0.3 is 19.6 Å². The maximum absolute atomic E-state index is 12.4. The van der Waals surface area contributed by atoms with Crippen molar-refractivity contribution in [1.82, 2.24) is 9.80 Å². The lowest BCUT2D eigenvalue weighted by molar-refractivity contribution is -0.159. The van der Waals surface area contributed by atoms with E-state index in [1.54, 1.807) is 11.0 Å². The normalized spacial score (nSPS) is 20.0. The number of carboxylic acids is 1. The SMILES string of the molecule is Cc1cccc(OC2(C(=O)O)CCN(C(=O)N3CCCC3)CC2)c1. The summed E-state index contributed by atoms with van der Waals surface area (Å²) in [6.07, 6.45) is 2.70. The molecule has 3 rings (SSSR count). The minimum atomic E-state index is -1.25. The molecular formula is C18H24N2O4. The number of likely N-dealkylation sites (tertiary alicyclic amines) is 2. The van der Waals surface area contributed by atoms with Gasteiger partial charge in [-0.1, -0.05) is 12.1 Å². The van der Waals surface area contributed by atoms with Crippen molar-refractivity contribution in [3.63, 3.8) is 0 Å². The largest absolute Gasteiger partial charge is 0.478 e. The molecular weight excluding hydrogens is 308 g/mol. The maximum atomic E-state index is 12.4. The summed E-state index contributed by atoms with van der Waals surface area (Å²) in [5.41, 5.74) is -0.232. The molecule has 0 radical (unpaired) electrons. The molecule has 0 spiro atoms. The summed E-state index contributed by atoms with van der Waals surface area (Å²) >= 11 is 0. The first-order valence-corrected chi connectivity index (χ1v) is 8.53. The highest BCUT2D eigenvalue weighted by Gasteiger charge is 2.45. The molecule has 2 aliphatic rings. The molecule has 0 bridgehead atoms. The molecule has 6 nitrogen and oxygen atoms in total. The monoisotopic (exact) mass is 332 g/mol. The van der Waals surface area contributed by atoms with Crippen LogP contribution in [0.2, 0.25) is 0 Å². The van der Waals surface area contributed by atoms with Crippen molar-refractivity contribution >= 4 is 12.0 Å². The molecule has 0 aromatic heterocycles. The second kappa shape index (κ2) is 6.71. The molecule has 1 aromatic carbocycles. The van der Waals surface area contributed by atoms with Gasteiger partial charge in [0.25, 0.3) is 0 Å². The van der Waals surface area contributed by atoms with E-state index in [-0.39, 0.29) is 6.03 Å². The third kappa shape index (κ3) is 3.32.